The summed E-state index contributed by atoms with van der Waals surface area (Å²) in [4.78, 5) is 10.5. The molecule has 0 aromatic heterocycles. The lowest BCUT2D eigenvalue weighted by molar-refractivity contribution is -0.139. The van der Waals surface area contributed by atoms with Crippen molar-refractivity contribution in [1.82, 2.24) is 0 Å². The number of anilines is 1. The van der Waals surface area contributed by atoms with Gasteiger partial charge in [0.1, 0.15) is 17.3 Å². The van der Waals surface area contributed by atoms with Crippen LogP contribution in [-0.4, -0.2) is 17.7 Å². The van der Waals surface area contributed by atoms with E-state index in [0.29, 0.717) is 5.56 Å². The molecule has 9 heteroatoms. The molecule has 0 atom stereocenters. The number of hydrogen-bond acceptors (Lipinski definition) is 3. The van der Waals surface area contributed by atoms with Crippen LogP contribution in [0.3, 0.4) is 0 Å². The fourth-order valence-electron chi connectivity index (χ4n) is 2.70. The van der Waals surface area contributed by atoms with Crippen molar-refractivity contribution in [3.8, 4) is 16.9 Å². The van der Waals surface area contributed by atoms with Gasteiger partial charge >= 0.3 is 5.97 Å². The van der Waals surface area contributed by atoms with Gasteiger partial charge in [0, 0.05) is 12.1 Å². The number of ether oxygens (including phenoxy) is 1. The van der Waals surface area contributed by atoms with Gasteiger partial charge in [0.05, 0.1) is 0 Å². The second-order valence-corrected chi connectivity index (χ2v) is 6.21. The van der Waals surface area contributed by atoms with Gasteiger partial charge in [-0.05, 0) is 47.5 Å². The van der Waals surface area contributed by atoms with E-state index >= 15 is 0 Å². The van der Waals surface area contributed by atoms with E-state index in [4.69, 9.17) is 9.84 Å². The van der Waals surface area contributed by atoms with Crippen molar-refractivity contribution in [2.45, 2.75) is 6.54 Å². The minimum Gasteiger partial charge on any atom is -0.479 e. The zero-order chi connectivity index (χ0) is 21.8. The molecule has 0 aliphatic heterocycles. The third-order valence-corrected chi connectivity index (χ3v) is 4.16. The van der Waals surface area contributed by atoms with Crippen LogP contribution >= 0.6 is 0 Å². The molecule has 156 valence electrons. The number of nitrogens with one attached hydrogen (secondary N) is 1. The number of aliphatic carboxylic acids is 1. The lowest BCUT2D eigenvalue weighted by Gasteiger charge is -2.13. The van der Waals surface area contributed by atoms with Gasteiger partial charge in [-0.3, -0.25) is 0 Å². The predicted octanol–water partition coefficient (Wildman–Crippen LogP) is 5.12. The fraction of sp³-hybridized carbons (Fsp3) is 0.0952. The summed E-state index contributed by atoms with van der Waals surface area (Å²) in [5.41, 5.74) is 0.0339. The molecule has 0 saturated carbocycles. The third kappa shape index (κ3) is 4.68. The van der Waals surface area contributed by atoms with E-state index in [2.05, 4.69) is 5.32 Å². The van der Waals surface area contributed by atoms with Crippen LogP contribution in [0.5, 0.6) is 5.75 Å². The molecule has 30 heavy (non-hydrogen) atoms. The highest BCUT2D eigenvalue weighted by atomic mass is 19.2. The average molecular weight is 423 g/mol. The van der Waals surface area contributed by atoms with Gasteiger partial charge < -0.3 is 15.2 Å². The maximum atomic E-state index is 14.4. The van der Waals surface area contributed by atoms with E-state index in [-0.39, 0.29) is 17.7 Å². The van der Waals surface area contributed by atoms with Gasteiger partial charge in [-0.15, -0.1) is 0 Å². The molecule has 0 unspecified atom stereocenters. The smallest absolute Gasteiger partial charge is 0.341 e. The standard InChI is InChI=1S/C21H14F5NO3/c22-14-3-1-11(12-2-4-15(23)17(25)8-12)7-13(14)9-27-21-16(24)5-6-18(20(21)26)30-10-19(28)29/h1-8,27H,9-10H2,(H,28,29). The third-order valence-electron chi connectivity index (χ3n) is 4.16. The minimum absolute atomic E-state index is 0.00731. The molecule has 3 aromatic carbocycles. The predicted molar refractivity (Wildman–Crippen MR) is 98.6 cm³/mol. The Morgan fingerprint density at radius 3 is 2.13 bits per heavy atom. The normalized spacial score (nSPS) is 10.7. The quantitative estimate of drug-likeness (QED) is 0.518. The Kier molecular flexibility index (Phi) is 6.20. The molecule has 0 fully saturated rings. The molecule has 0 heterocycles. The lowest BCUT2D eigenvalue weighted by Crippen LogP contribution is -2.12. The molecule has 0 aliphatic rings. The highest BCUT2D eigenvalue weighted by Crippen LogP contribution is 2.29. The van der Waals surface area contributed by atoms with Crippen molar-refractivity contribution in [2.24, 2.45) is 0 Å². The SMILES string of the molecule is O=C(O)COc1ccc(F)c(NCc2cc(-c3ccc(F)c(F)c3)ccc2F)c1F. The van der Waals surface area contributed by atoms with Gasteiger partial charge in [0.15, 0.2) is 29.8 Å². The summed E-state index contributed by atoms with van der Waals surface area (Å²) in [6, 6.07) is 8.77. The van der Waals surface area contributed by atoms with Crippen LogP contribution in [-0.2, 0) is 11.3 Å². The number of hydrogen-bond donors (Lipinski definition) is 2. The summed E-state index contributed by atoms with van der Waals surface area (Å²) in [6.07, 6.45) is 0. The van der Waals surface area contributed by atoms with Gasteiger partial charge in [0.25, 0.3) is 0 Å². The number of carboxylic acids is 1. The molecule has 3 rings (SSSR count). The first-order valence-corrected chi connectivity index (χ1v) is 8.56. The molecule has 4 nitrogen and oxygen atoms in total. The van der Waals surface area contributed by atoms with Crippen LogP contribution in [0.15, 0.2) is 48.5 Å². The van der Waals surface area contributed by atoms with Crippen LogP contribution in [0.1, 0.15) is 5.56 Å². The molecule has 0 bridgehead atoms. The van der Waals surface area contributed by atoms with Gasteiger partial charge in [-0.25, -0.2) is 26.7 Å². The van der Waals surface area contributed by atoms with Crippen LogP contribution < -0.4 is 10.1 Å². The van der Waals surface area contributed by atoms with Crippen LogP contribution in [0.25, 0.3) is 11.1 Å². The number of carboxylic acid groups (broad SMARTS) is 1. The second-order valence-electron chi connectivity index (χ2n) is 6.21. The molecule has 2 N–H and O–H groups in total. The number of halogens is 5. The molecule has 0 amide bonds. The van der Waals surface area contributed by atoms with Crippen molar-refractivity contribution in [1.29, 1.82) is 0 Å². The van der Waals surface area contributed by atoms with Crippen LogP contribution in [0.2, 0.25) is 0 Å². The summed E-state index contributed by atoms with van der Waals surface area (Å²) in [7, 11) is 0. The second kappa shape index (κ2) is 8.81. The zero-order valence-electron chi connectivity index (χ0n) is 15.2. The molecular weight excluding hydrogens is 409 g/mol. The highest BCUT2D eigenvalue weighted by Gasteiger charge is 2.16. The Morgan fingerprint density at radius 1 is 0.833 bits per heavy atom. The van der Waals surface area contributed by atoms with Gasteiger partial charge in [-0.1, -0.05) is 12.1 Å². The van der Waals surface area contributed by atoms with E-state index in [1.54, 1.807) is 0 Å². The Bertz CT molecular complexity index is 1100. The van der Waals surface area contributed by atoms with Crippen molar-refractivity contribution >= 4 is 11.7 Å². The molecule has 0 saturated heterocycles. The first-order chi connectivity index (χ1) is 14.3. The number of carbonyl (C=O) groups is 1. The van der Waals surface area contributed by atoms with Crippen molar-refractivity contribution in [3.63, 3.8) is 0 Å². The summed E-state index contributed by atoms with van der Waals surface area (Å²) >= 11 is 0. The average Bonchev–Trinajstić information content (AvgIpc) is 2.70. The molecular formula is C21H14F5NO3. The summed E-state index contributed by atoms with van der Waals surface area (Å²) in [5, 5.41) is 11.0. The maximum Gasteiger partial charge on any atom is 0.341 e. The van der Waals surface area contributed by atoms with Gasteiger partial charge in [0.2, 0.25) is 0 Å². The maximum absolute atomic E-state index is 14.4. The monoisotopic (exact) mass is 423 g/mol. The Balaban J connectivity index is 1.84. The number of benzene rings is 3. The lowest BCUT2D eigenvalue weighted by atomic mass is 10.0. The largest absolute Gasteiger partial charge is 0.479 e. The molecule has 0 radical (unpaired) electrons. The Hall–Kier alpha value is -3.62. The molecule has 0 spiro atoms. The molecule has 3 aromatic rings. The highest BCUT2D eigenvalue weighted by molar-refractivity contribution is 5.68. The minimum atomic E-state index is -1.34. The van der Waals surface area contributed by atoms with Crippen molar-refractivity contribution in [2.75, 3.05) is 11.9 Å². The fourth-order valence-corrected chi connectivity index (χ4v) is 2.70. The summed E-state index contributed by atoms with van der Waals surface area (Å²) in [5.74, 6) is -6.78. The first kappa shape index (κ1) is 21.1. The van der Waals surface area contributed by atoms with Crippen molar-refractivity contribution < 1.29 is 36.6 Å². The van der Waals surface area contributed by atoms with E-state index in [0.717, 1.165) is 30.3 Å². The summed E-state index contributed by atoms with van der Waals surface area (Å²) < 4.78 is 73.9. The van der Waals surface area contributed by atoms with Crippen LogP contribution in [0.4, 0.5) is 27.6 Å². The first-order valence-electron chi connectivity index (χ1n) is 8.56. The molecule has 0 aliphatic carbocycles. The van der Waals surface area contributed by atoms with Crippen LogP contribution in [0, 0.1) is 29.1 Å². The van der Waals surface area contributed by atoms with E-state index < -0.39 is 53.1 Å². The van der Waals surface area contributed by atoms with Gasteiger partial charge in [-0.2, -0.15) is 0 Å². The van der Waals surface area contributed by atoms with E-state index in [9.17, 15) is 26.7 Å². The Labute approximate surface area is 167 Å². The number of rotatable bonds is 7. The Morgan fingerprint density at radius 2 is 1.47 bits per heavy atom. The zero-order valence-corrected chi connectivity index (χ0v) is 15.2. The topological polar surface area (TPSA) is 58.6 Å². The van der Waals surface area contributed by atoms with E-state index in [1.807, 2.05) is 0 Å². The summed E-state index contributed by atoms with van der Waals surface area (Å²) in [6.45, 7) is -1.17. The van der Waals surface area contributed by atoms with Crippen molar-refractivity contribution in [3.05, 3.63) is 83.2 Å². The van der Waals surface area contributed by atoms with E-state index in [1.165, 1.54) is 18.2 Å².